The smallest absolute Gasteiger partial charge is 0.353 e. The molecule has 1 aromatic rings. The van der Waals surface area contributed by atoms with Crippen molar-refractivity contribution in [2.24, 2.45) is 0 Å². The molecule has 2 heterocycles. The number of rotatable bonds is 4. The van der Waals surface area contributed by atoms with Gasteiger partial charge in [0.1, 0.15) is 12.4 Å². The second-order valence-corrected chi connectivity index (χ2v) is 6.17. The average Bonchev–Trinajstić information content (AvgIpc) is 2.80. The van der Waals surface area contributed by atoms with Crippen LogP contribution in [0.15, 0.2) is 11.1 Å². The lowest BCUT2D eigenvalue weighted by molar-refractivity contribution is -0.146. The lowest BCUT2D eigenvalue weighted by Gasteiger charge is -2.15. The molecule has 2 N–H and O–H groups in total. The monoisotopic (exact) mass is 328 g/mol. The minimum atomic E-state index is -0.573. The van der Waals surface area contributed by atoms with Gasteiger partial charge >= 0.3 is 11.7 Å². The highest BCUT2D eigenvalue weighted by molar-refractivity contribution is 8.00. The topological polar surface area (TPSA) is 123 Å². The van der Waals surface area contributed by atoms with Crippen LogP contribution in [0.2, 0.25) is 0 Å². The molecule has 0 saturated carbocycles. The van der Waals surface area contributed by atoms with Gasteiger partial charge < -0.3 is 9.84 Å². The molecule has 0 unspecified atom stereocenters. The maximum absolute atomic E-state index is 12.0. The van der Waals surface area contributed by atoms with Gasteiger partial charge in [0.15, 0.2) is 0 Å². The van der Waals surface area contributed by atoms with Crippen LogP contribution in [0.4, 0.5) is 5.95 Å². The molecule has 0 aromatic carbocycles. The standard InChI is InChI=1S/C12H16N4O5S/c1-6(18)14-11-13-5-16(12(20)15-11)10-3-8(21-7(2)19)9(4-17)22-10/h5,8-10,17H,3-4H2,1-2H3,(H,14,15,18,20)/t8-,9-,10-/m1/s1. The van der Waals surface area contributed by atoms with E-state index in [1.54, 1.807) is 0 Å². The zero-order valence-corrected chi connectivity index (χ0v) is 12.9. The van der Waals surface area contributed by atoms with Crippen LogP contribution < -0.4 is 11.0 Å². The van der Waals surface area contributed by atoms with Gasteiger partial charge in [-0.05, 0) is 0 Å². The number of carbonyl (C=O) groups is 2. The van der Waals surface area contributed by atoms with Gasteiger partial charge in [-0.1, -0.05) is 0 Å². The molecule has 1 aliphatic rings. The Hall–Kier alpha value is -1.94. The van der Waals surface area contributed by atoms with Crippen molar-refractivity contribution < 1.29 is 19.4 Å². The first-order valence-corrected chi connectivity index (χ1v) is 7.51. The largest absolute Gasteiger partial charge is 0.461 e. The van der Waals surface area contributed by atoms with E-state index in [2.05, 4.69) is 15.3 Å². The number of anilines is 1. The summed E-state index contributed by atoms with van der Waals surface area (Å²) in [7, 11) is 0. The molecule has 1 saturated heterocycles. The van der Waals surface area contributed by atoms with Crippen molar-refractivity contribution in [2.45, 2.75) is 37.0 Å². The van der Waals surface area contributed by atoms with Crippen LogP contribution in [0.1, 0.15) is 25.6 Å². The number of hydrogen-bond donors (Lipinski definition) is 2. The Kier molecular flexibility index (Phi) is 5.14. The van der Waals surface area contributed by atoms with E-state index in [0.29, 0.717) is 6.42 Å². The summed E-state index contributed by atoms with van der Waals surface area (Å²) in [6, 6.07) is 0. The number of thioether (sulfide) groups is 1. The molecule has 2 rings (SSSR count). The summed E-state index contributed by atoms with van der Waals surface area (Å²) >= 11 is 1.32. The Bertz CT molecular complexity index is 634. The fourth-order valence-corrected chi connectivity index (χ4v) is 3.54. The van der Waals surface area contributed by atoms with Crippen molar-refractivity contribution in [3.8, 4) is 0 Å². The normalized spacial score (nSPS) is 24.0. The summed E-state index contributed by atoms with van der Waals surface area (Å²) in [6.45, 7) is 2.42. The van der Waals surface area contributed by atoms with Crippen LogP contribution in [0.3, 0.4) is 0 Å². The Balaban J connectivity index is 2.17. The molecule has 1 aliphatic heterocycles. The average molecular weight is 328 g/mol. The highest BCUT2D eigenvalue weighted by Crippen LogP contribution is 2.42. The van der Waals surface area contributed by atoms with E-state index >= 15 is 0 Å². The van der Waals surface area contributed by atoms with Gasteiger partial charge in [-0.3, -0.25) is 19.5 Å². The molecule has 0 spiro atoms. The highest BCUT2D eigenvalue weighted by Gasteiger charge is 2.38. The quantitative estimate of drug-likeness (QED) is 0.711. The number of amides is 1. The number of ether oxygens (including phenoxy) is 1. The minimum absolute atomic E-state index is 0.0630. The van der Waals surface area contributed by atoms with E-state index in [9.17, 15) is 19.5 Å². The van der Waals surface area contributed by atoms with Gasteiger partial charge in [-0.25, -0.2) is 9.78 Å². The summed E-state index contributed by atoms with van der Waals surface area (Å²) in [5.41, 5.74) is -0.573. The van der Waals surface area contributed by atoms with Crippen molar-refractivity contribution in [1.29, 1.82) is 0 Å². The molecule has 1 aromatic heterocycles. The van der Waals surface area contributed by atoms with Crippen molar-refractivity contribution >= 4 is 29.6 Å². The second kappa shape index (κ2) is 6.88. The van der Waals surface area contributed by atoms with Gasteiger partial charge in [-0.15, -0.1) is 11.8 Å². The van der Waals surface area contributed by atoms with Crippen LogP contribution in [-0.2, 0) is 14.3 Å². The highest BCUT2D eigenvalue weighted by atomic mass is 32.2. The second-order valence-electron chi connectivity index (χ2n) is 4.75. The predicted octanol–water partition coefficient (Wildman–Crippen LogP) is -0.475. The van der Waals surface area contributed by atoms with E-state index in [1.165, 1.54) is 36.5 Å². The predicted molar refractivity (Wildman–Crippen MR) is 78.3 cm³/mol. The van der Waals surface area contributed by atoms with Gasteiger partial charge in [-0.2, -0.15) is 4.98 Å². The molecular weight excluding hydrogens is 312 g/mol. The summed E-state index contributed by atoms with van der Waals surface area (Å²) in [5.74, 6) is -0.871. The SMILES string of the molecule is CC(=O)Nc1ncn([C@H]2C[C@@H](OC(C)=O)[C@@H](CO)S2)c(=O)n1. The minimum Gasteiger partial charge on any atom is -0.461 e. The first kappa shape index (κ1) is 16.4. The van der Waals surface area contributed by atoms with E-state index < -0.39 is 17.8 Å². The molecule has 0 radical (unpaired) electrons. The summed E-state index contributed by atoms with van der Waals surface area (Å²) in [6.07, 6.45) is 1.18. The summed E-state index contributed by atoms with van der Waals surface area (Å²) in [4.78, 5) is 41.6. The Morgan fingerprint density at radius 3 is 2.82 bits per heavy atom. The molecule has 1 amide bonds. The fraction of sp³-hybridized carbons (Fsp3) is 0.583. The number of aliphatic hydroxyl groups is 1. The maximum atomic E-state index is 12.0. The third-order valence-electron chi connectivity index (χ3n) is 3.00. The molecule has 9 nitrogen and oxygen atoms in total. The van der Waals surface area contributed by atoms with E-state index in [1.807, 2.05) is 0 Å². The van der Waals surface area contributed by atoms with E-state index in [-0.39, 0.29) is 29.1 Å². The van der Waals surface area contributed by atoms with Crippen LogP contribution >= 0.6 is 11.8 Å². The Morgan fingerprint density at radius 2 is 2.27 bits per heavy atom. The number of carbonyl (C=O) groups excluding carboxylic acids is 2. The van der Waals surface area contributed by atoms with Gasteiger partial charge in [0.25, 0.3) is 0 Å². The lowest BCUT2D eigenvalue weighted by atomic mass is 10.2. The number of aliphatic hydroxyl groups excluding tert-OH is 1. The van der Waals surface area contributed by atoms with Crippen LogP contribution in [0, 0.1) is 0 Å². The zero-order valence-electron chi connectivity index (χ0n) is 12.1. The first-order chi connectivity index (χ1) is 10.4. The van der Waals surface area contributed by atoms with Gasteiger partial charge in [0, 0.05) is 20.3 Å². The third kappa shape index (κ3) is 3.83. The maximum Gasteiger partial charge on any atom is 0.353 e. The molecule has 3 atom stereocenters. The molecule has 22 heavy (non-hydrogen) atoms. The first-order valence-electron chi connectivity index (χ1n) is 6.57. The summed E-state index contributed by atoms with van der Waals surface area (Å²) in [5, 5.41) is 11.0. The van der Waals surface area contributed by atoms with Gasteiger partial charge in [0.2, 0.25) is 11.9 Å². The zero-order chi connectivity index (χ0) is 16.3. The molecule has 1 fully saturated rings. The van der Waals surface area contributed by atoms with Gasteiger partial charge in [0.05, 0.1) is 17.2 Å². The molecule has 120 valence electrons. The van der Waals surface area contributed by atoms with Crippen molar-refractivity contribution in [2.75, 3.05) is 11.9 Å². The molecule has 0 aliphatic carbocycles. The van der Waals surface area contributed by atoms with Crippen LogP contribution in [0.25, 0.3) is 0 Å². The number of nitrogens with zero attached hydrogens (tertiary/aromatic N) is 3. The molecule has 0 bridgehead atoms. The summed E-state index contributed by atoms with van der Waals surface area (Å²) < 4.78 is 6.44. The third-order valence-corrected chi connectivity index (χ3v) is 4.54. The Labute approximate surface area is 130 Å². The molecule has 10 heteroatoms. The van der Waals surface area contributed by atoms with Crippen molar-refractivity contribution in [3.63, 3.8) is 0 Å². The lowest BCUT2D eigenvalue weighted by Crippen LogP contribution is -2.28. The number of hydrogen-bond acceptors (Lipinski definition) is 8. The van der Waals surface area contributed by atoms with Crippen LogP contribution in [0.5, 0.6) is 0 Å². The van der Waals surface area contributed by atoms with E-state index in [0.717, 1.165) is 0 Å². The molecular formula is C12H16N4O5S. The Morgan fingerprint density at radius 1 is 1.55 bits per heavy atom. The number of nitrogens with one attached hydrogen (secondary N) is 1. The van der Waals surface area contributed by atoms with Crippen molar-refractivity contribution in [1.82, 2.24) is 14.5 Å². The number of esters is 1. The van der Waals surface area contributed by atoms with Crippen LogP contribution in [-0.4, -0.2) is 49.5 Å². The van der Waals surface area contributed by atoms with E-state index in [4.69, 9.17) is 4.74 Å². The fourth-order valence-electron chi connectivity index (χ4n) is 2.13. The number of aromatic nitrogens is 3. The van der Waals surface area contributed by atoms with Crippen molar-refractivity contribution in [3.05, 3.63) is 16.8 Å².